The molecule has 0 amide bonds. The Morgan fingerprint density at radius 1 is 1.28 bits per heavy atom. The predicted molar refractivity (Wildman–Crippen MR) is 74.9 cm³/mol. The standard InChI is InChI=1S/C10H13Cl3N2O2S/c1-6(5-14)15(2)18(16,17)10-8(12)3-7(11)4-9(10)13/h3-4,6H,5,14H2,1-2H3. The van der Waals surface area contributed by atoms with Crippen LogP contribution in [0.1, 0.15) is 6.92 Å². The molecule has 1 aromatic carbocycles. The first kappa shape index (κ1) is 16.0. The fourth-order valence-corrected chi connectivity index (χ4v) is 4.17. The molecule has 102 valence electrons. The number of halogens is 3. The highest BCUT2D eigenvalue weighted by Crippen LogP contribution is 2.34. The Hall–Kier alpha value is -0.0400. The molecule has 1 unspecified atom stereocenters. The van der Waals surface area contributed by atoms with E-state index in [-0.39, 0.29) is 32.5 Å². The number of benzene rings is 1. The van der Waals surface area contributed by atoms with E-state index in [2.05, 4.69) is 0 Å². The van der Waals surface area contributed by atoms with E-state index in [1.165, 1.54) is 19.2 Å². The first-order valence-corrected chi connectivity index (χ1v) is 7.61. The SMILES string of the molecule is CC(CN)N(C)S(=O)(=O)c1c(Cl)cc(Cl)cc1Cl. The molecule has 0 radical (unpaired) electrons. The second kappa shape index (κ2) is 5.94. The summed E-state index contributed by atoms with van der Waals surface area (Å²) >= 11 is 17.6. The van der Waals surface area contributed by atoms with Crippen LogP contribution < -0.4 is 5.73 Å². The zero-order valence-corrected chi connectivity index (χ0v) is 12.9. The largest absolute Gasteiger partial charge is 0.329 e. The van der Waals surface area contributed by atoms with E-state index in [0.29, 0.717) is 0 Å². The Bertz CT molecular complexity index is 525. The van der Waals surface area contributed by atoms with Gasteiger partial charge in [0.15, 0.2) is 0 Å². The van der Waals surface area contributed by atoms with Crippen molar-refractivity contribution in [2.75, 3.05) is 13.6 Å². The molecule has 1 atom stereocenters. The molecule has 18 heavy (non-hydrogen) atoms. The summed E-state index contributed by atoms with van der Waals surface area (Å²) in [6.07, 6.45) is 0. The molecule has 0 saturated carbocycles. The Kier molecular flexibility index (Phi) is 5.29. The molecule has 0 fully saturated rings. The van der Waals surface area contributed by atoms with Gasteiger partial charge in [0.25, 0.3) is 0 Å². The van der Waals surface area contributed by atoms with Crippen LogP contribution >= 0.6 is 34.8 Å². The molecule has 0 aliphatic carbocycles. The van der Waals surface area contributed by atoms with Crippen LogP contribution in [0.15, 0.2) is 17.0 Å². The van der Waals surface area contributed by atoms with Crippen LogP contribution in [-0.4, -0.2) is 32.4 Å². The van der Waals surface area contributed by atoms with Gasteiger partial charge in [-0.3, -0.25) is 0 Å². The quantitative estimate of drug-likeness (QED) is 0.922. The molecular weight excluding hydrogens is 319 g/mol. The van der Waals surface area contributed by atoms with E-state index < -0.39 is 10.0 Å². The van der Waals surface area contributed by atoms with Crippen molar-refractivity contribution in [2.24, 2.45) is 5.73 Å². The Morgan fingerprint density at radius 2 is 1.72 bits per heavy atom. The second-order valence-corrected chi connectivity index (χ2v) is 6.99. The highest BCUT2D eigenvalue weighted by molar-refractivity contribution is 7.89. The van der Waals surface area contributed by atoms with Gasteiger partial charge in [0, 0.05) is 24.7 Å². The first-order valence-electron chi connectivity index (χ1n) is 5.04. The van der Waals surface area contributed by atoms with Gasteiger partial charge in [-0.2, -0.15) is 4.31 Å². The number of nitrogens with zero attached hydrogens (tertiary/aromatic N) is 1. The monoisotopic (exact) mass is 330 g/mol. The summed E-state index contributed by atoms with van der Waals surface area (Å²) in [5, 5.41) is 0.255. The zero-order valence-electron chi connectivity index (χ0n) is 9.82. The molecule has 0 spiro atoms. The van der Waals surface area contributed by atoms with Gasteiger partial charge in [-0.05, 0) is 19.1 Å². The maximum absolute atomic E-state index is 12.3. The van der Waals surface area contributed by atoms with Gasteiger partial charge < -0.3 is 5.73 Å². The average molecular weight is 332 g/mol. The highest BCUT2D eigenvalue weighted by Gasteiger charge is 2.29. The van der Waals surface area contributed by atoms with Crippen LogP contribution in [0.5, 0.6) is 0 Å². The zero-order chi connectivity index (χ0) is 14.1. The van der Waals surface area contributed by atoms with Crippen LogP contribution in [0.3, 0.4) is 0 Å². The Balaban J connectivity index is 3.38. The van der Waals surface area contributed by atoms with Gasteiger partial charge in [-0.1, -0.05) is 34.8 Å². The summed E-state index contributed by atoms with van der Waals surface area (Å²) in [6, 6.07) is 2.31. The molecule has 1 aromatic rings. The normalized spacial score (nSPS) is 13.9. The average Bonchev–Trinajstić information content (AvgIpc) is 2.24. The summed E-state index contributed by atoms with van der Waals surface area (Å²) in [4.78, 5) is -0.155. The lowest BCUT2D eigenvalue weighted by molar-refractivity contribution is 0.394. The van der Waals surface area contributed by atoms with Crippen molar-refractivity contribution in [3.8, 4) is 0 Å². The third-order valence-corrected chi connectivity index (χ3v) is 5.67. The van der Waals surface area contributed by atoms with Gasteiger partial charge in [-0.15, -0.1) is 0 Å². The molecule has 0 aliphatic rings. The van der Waals surface area contributed by atoms with E-state index in [9.17, 15) is 8.42 Å². The topological polar surface area (TPSA) is 63.4 Å². The van der Waals surface area contributed by atoms with Crippen LogP contribution in [0.25, 0.3) is 0 Å². The van der Waals surface area contributed by atoms with E-state index in [1.54, 1.807) is 6.92 Å². The molecule has 8 heteroatoms. The molecule has 0 aliphatic heterocycles. The number of likely N-dealkylation sites (N-methyl/N-ethyl adjacent to an activating group) is 1. The molecule has 4 nitrogen and oxygen atoms in total. The summed E-state index contributed by atoms with van der Waals surface area (Å²) in [5.74, 6) is 0. The Labute approximate surface area is 122 Å². The summed E-state index contributed by atoms with van der Waals surface area (Å²) < 4.78 is 25.8. The van der Waals surface area contributed by atoms with Gasteiger partial charge in [0.05, 0.1) is 10.0 Å². The third-order valence-electron chi connectivity index (χ3n) is 2.56. The highest BCUT2D eigenvalue weighted by atomic mass is 35.5. The van der Waals surface area contributed by atoms with Crippen LogP contribution in [0.4, 0.5) is 0 Å². The van der Waals surface area contributed by atoms with E-state index in [4.69, 9.17) is 40.5 Å². The minimum atomic E-state index is -3.80. The van der Waals surface area contributed by atoms with Gasteiger partial charge in [0.2, 0.25) is 10.0 Å². The number of sulfonamides is 1. The third kappa shape index (κ3) is 3.10. The number of rotatable bonds is 4. The van der Waals surface area contributed by atoms with Crippen molar-refractivity contribution in [1.29, 1.82) is 0 Å². The van der Waals surface area contributed by atoms with Crippen LogP contribution in [0.2, 0.25) is 15.1 Å². The molecule has 2 N–H and O–H groups in total. The van der Waals surface area contributed by atoms with E-state index in [0.717, 1.165) is 4.31 Å². The van der Waals surface area contributed by atoms with Crippen molar-refractivity contribution in [3.63, 3.8) is 0 Å². The summed E-state index contributed by atoms with van der Waals surface area (Å²) in [7, 11) is -2.37. The summed E-state index contributed by atoms with van der Waals surface area (Å²) in [5.41, 5.74) is 5.45. The second-order valence-electron chi connectivity index (χ2n) is 3.80. The smallest absolute Gasteiger partial charge is 0.246 e. The first-order chi connectivity index (χ1) is 8.21. The number of hydrogen-bond donors (Lipinski definition) is 1. The lowest BCUT2D eigenvalue weighted by atomic mass is 10.3. The lowest BCUT2D eigenvalue weighted by Gasteiger charge is -2.24. The molecule has 0 aromatic heterocycles. The fourth-order valence-electron chi connectivity index (χ4n) is 1.30. The van der Waals surface area contributed by atoms with Crippen LogP contribution in [0, 0.1) is 0 Å². The predicted octanol–water partition coefficient (Wildman–Crippen LogP) is 2.61. The fraction of sp³-hybridized carbons (Fsp3) is 0.400. The lowest BCUT2D eigenvalue weighted by Crippen LogP contribution is -2.39. The maximum atomic E-state index is 12.3. The minimum Gasteiger partial charge on any atom is -0.329 e. The van der Waals surface area contributed by atoms with Crippen molar-refractivity contribution in [1.82, 2.24) is 4.31 Å². The number of hydrogen-bond acceptors (Lipinski definition) is 3. The minimum absolute atomic E-state index is 0.0106. The molecule has 0 saturated heterocycles. The van der Waals surface area contributed by atoms with Crippen molar-refractivity contribution in [2.45, 2.75) is 17.9 Å². The molecule has 1 rings (SSSR count). The summed E-state index contributed by atoms with van der Waals surface area (Å²) in [6.45, 7) is 1.88. The van der Waals surface area contributed by atoms with E-state index in [1.807, 2.05) is 0 Å². The van der Waals surface area contributed by atoms with Crippen LogP contribution in [-0.2, 0) is 10.0 Å². The van der Waals surface area contributed by atoms with Crippen molar-refractivity contribution in [3.05, 3.63) is 27.2 Å². The van der Waals surface area contributed by atoms with Gasteiger partial charge in [-0.25, -0.2) is 8.42 Å². The maximum Gasteiger partial charge on any atom is 0.246 e. The van der Waals surface area contributed by atoms with Crippen molar-refractivity contribution >= 4 is 44.8 Å². The van der Waals surface area contributed by atoms with Gasteiger partial charge >= 0.3 is 0 Å². The molecular formula is C10H13Cl3N2O2S. The Morgan fingerprint density at radius 3 is 2.11 bits per heavy atom. The molecule has 0 bridgehead atoms. The van der Waals surface area contributed by atoms with E-state index >= 15 is 0 Å². The molecule has 0 heterocycles. The van der Waals surface area contributed by atoms with Crippen molar-refractivity contribution < 1.29 is 8.42 Å². The number of nitrogens with two attached hydrogens (primary N) is 1. The van der Waals surface area contributed by atoms with Gasteiger partial charge in [0.1, 0.15) is 4.90 Å².